The minimum absolute atomic E-state index is 0.0387. The number of benzene rings is 2. The lowest BCUT2D eigenvalue weighted by molar-refractivity contribution is -0.130. The molecule has 2 saturated heterocycles. The van der Waals surface area contributed by atoms with E-state index in [2.05, 4.69) is 10.3 Å². The van der Waals surface area contributed by atoms with E-state index in [1.54, 1.807) is 39.5 Å². The maximum Gasteiger partial charge on any atom is 0.320 e. The van der Waals surface area contributed by atoms with E-state index in [1.807, 2.05) is 37.3 Å². The maximum absolute atomic E-state index is 13.2. The Kier molecular flexibility index (Phi) is 8.95. The zero-order valence-electron chi connectivity index (χ0n) is 23.0. The molecule has 3 aromatic rings. The molecule has 3 N–H and O–H groups in total. The molecule has 3 heterocycles. The molecule has 0 radical (unpaired) electrons. The summed E-state index contributed by atoms with van der Waals surface area (Å²) in [5, 5.41) is 13.1. The standard InChI is InChI=1S/C30H35N5O6/c1-20-16-23(25-4-2-3-5-26(25)31-20)19-41-24-8-6-21(7-9-24)29(37)32-27-18-35(11-10-22(27)17-28(36)33-39)30(38)34-12-14-40-15-13-34/h2-9,16,22,27,39H,10-15,17-19H2,1H3,(H,32,37)(H,33,36)/t22-,27+/m0/s1. The van der Waals surface area contributed by atoms with Crippen LogP contribution >= 0.6 is 0 Å². The second-order valence-electron chi connectivity index (χ2n) is 10.4. The first-order valence-corrected chi connectivity index (χ1v) is 13.8. The molecule has 0 bridgehead atoms. The highest BCUT2D eigenvalue weighted by molar-refractivity contribution is 5.94. The molecule has 11 heteroatoms. The van der Waals surface area contributed by atoms with Gasteiger partial charge in [-0.3, -0.25) is 19.8 Å². The van der Waals surface area contributed by atoms with Gasteiger partial charge in [-0.2, -0.15) is 0 Å². The molecule has 2 aliphatic rings. The minimum atomic E-state index is -0.527. The van der Waals surface area contributed by atoms with Crippen molar-refractivity contribution in [2.75, 3.05) is 39.4 Å². The third kappa shape index (κ3) is 6.93. The average Bonchev–Trinajstić information content (AvgIpc) is 3.00. The van der Waals surface area contributed by atoms with Gasteiger partial charge < -0.3 is 24.6 Å². The summed E-state index contributed by atoms with van der Waals surface area (Å²) in [6.45, 7) is 5.08. The van der Waals surface area contributed by atoms with Crippen LogP contribution in [0.25, 0.3) is 10.9 Å². The molecular weight excluding hydrogens is 526 g/mol. The Hall–Kier alpha value is -4.22. The van der Waals surface area contributed by atoms with Crippen LogP contribution in [-0.4, -0.2) is 83.3 Å². The van der Waals surface area contributed by atoms with E-state index >= 15 is 0 Å². The van der Waals surface area contributed by atoms with Gasteiger partial charge in [0.1, 0.15) is 12.4 Å². The summed E-state index contributed by atoms with van der Waals surface area (Å²) >= 11 is 0. The lowest BCUT2D eigenvalue weighted by Crippen LogP contribution is -2.58. The fourth-order valence-corrected chi connectivity index (χ4v) is 5.45. The van der Waals surface area contributed by atoms with E-state index in [9.17, 15) is 14.4 Å². The molecule has 4 amide bonds. The summed E-state index contributed by atoms with van der Waals surface area (Å²) in [7, 11) is 0. The van der Waals surface area contributed by atoms with Crippen LogP contribution in [0.1, 0.15) is 34.5 Å². The van der Waals surface area contributed by atoms with Crippen LogP contribution in [0.4, 0.5) is 4.79 Å². The number of urea groups is 1. The van der Waals surface area contributed by atoms with Gasteiger partial charge in [0.05, 0.1) is 24.8 Å². The number of rotatable bonds is 7. The van der Waals surface area contributed by atoms with Gasteiger partial charge in [-0.05, 0) is 55.7 Å². The van der Waals surface area contributed by atoms with Crippen molar-refractivity contribution in [3.8, 4) is 5.75 Å². The molecular formula is C30H35N5O6. The van der Waals surface area contributed by atoms with E-state index in [-0.39, 0.29) is 30.8 Å². The van der Waals surface area contributed by atoms with Gasteiger partial charge in [0.15, 0.2) is 0 Å². The number of piperidine rings is 1. The third-order valence-electron chi connectivity index (χ3n) is 7.64. The summed E-state index contributed by atoms with van der Waals surface area (Å²) < 4.78 is 11.4. The highest BCUT2D eigenvalue weighted by Crippen LogP contribution is 2.24. The van der Waals surface area contributed by atoms with Gasteiger partial charge in [0.25, 0.3) is 5.91 Å². The summed E-state index contributed by atoms with van der Waals surface area (Å²) in [6.07, 6.45) is 0.557. The van der Waals surface area contributed by atoms with Crippen LogP contribution in [0.5, 0.6) is 5.75 Å². The Labute approximate surface area is 238 Å². The fraction of sp³-hybridized carbons (Fsp3) is 0.400. The zero-order chi connectivity index (χ0) is 28.8. The Morgan fingerprint density at radius 1 is 1.05 bits per heavy atom. The van der Waals surface area contributed by atoms with Crippen LogP contribution < -0.4 is 15.5 Å². The molecule has 2 aromatic carbocycles. The van der Waals surface area contributed by atoms with Crippen molar-refractivity contribution in [3.05, 3.63) is 71.4 Å². The number of aromatic nitrogens is 1. The molecule has 0 saturated carbocycles. The SMILES string of the molecule is Cc1cc(COc2ccc(C(=O)N[C@@H]3CN(C(=O)N4CCOCC4)CC[C@H]3CC(=O)NO)cc2)c2ccccc2n1. The van der Waals surface area contributed by atoms with Crippen molar-refractivity contribution in [3.63, 3.8) is 0 Å². The quantitative estimate of drug-likeness (QED) is 0.298. The fourth-order valence-electron chi connectivity index (χ4n) is 5.45. The van der Waals surface area contributed by atoms with E-state index in [0.717, 1.165) is 22.2 Å². The van der Waals surface area contributed by atoms with Crippen molar-refractivity contribution < 1.29 is 29.1 Å². The van der Waals surface area contributed by atoms with E-state index < -0.39 is 11.9 Å². The lowest BCUT2D eigenvalue weighted by Gasteiger charge is -2.41. The summed E-state index contributed by atoms with van der Waals surface area (Å²) in [5.41, 5.74) is 4.97. The number of pyridine rings is 1. The molecule has 2 aliphatic heterocycles. The van der Waals surface area contributed by atoms with Crippen molar-refractivity contribution in [1.29, 1.82) is 0 Å². The van der Waals surface area contributed by atoms with Crippen LogP contribution in [0, 0.1) is 12.8 Å². The predicted octanol–water partition coefficient (Wildman–Crippen LogP) is 2.89. The molecule has 5 rings (SSSR count). The predicted molar refractivity (Wildman–Crippen MR) is 151 cm³/mol. The number of carbonyl (C=O) groups is 3. The third-order valence-corrected chi connectivity index (χ3v) is 7.64. The van der Waals surface area contributed by atoms with Crippen LogP contribution in [-0.2, 0) is 16.1 Å². The van der Waals surface area contributed by atoms with Crippen molar-refractivity contribution in [1.82, 2.24) is 25.6 Å². The van der Waals surface area contributed by atoms with Crippen molar-refractivity contribution in [2.45, 2.75) is 32.4 Å². The number of nitrogens with zero attached hydrogens (tertiary/aromatic N) is 3. The van der Waals surface area contributed by atoms with Crippen LogP contribution in [0.2, 0.25) is 0 Å². The smallest absolute Gasteiger partial charge is 0.320 e. The highest BCUT2D eigenvalue weighted by atomic mass is 16.5. The largest absolute Gasteiger partial charge is 0.489 e. The maximum atomic E-state index is 13.2. The monoisotopic (exact) mass is 561 g/mol. The summed E-state index contributed by atoms with van der Waals surface area (Å²) in [4.78, 5) is 46.3. The lowest BCUT2D eigenvalue weighted by atomic mass is 9.88. The number of fused-ring (bicyclic) bond motifs is 1. The molecule has 0 spiro atoms. The topological polar surface area (TPSA) is 133 Å². The Bertz CT molecular complexity index is 1390. The molecule has 41 heavy (non-hydrogen) atoms. The average molecular weight is 562 g/mol. The van der Waals surface area contributed by atoms with Crippen LogP contribution in [0.15, 0.2) is 54.6 Å². The Morgan fingerprint density at radius 3 is 2.56 bits per heavy atom. The van der Waals surface area contributed by atoms with E-state index in [0.29, 0.717) is 57.2 Å². The number of morpholine rings is 1. The molecule has 11 nitrogen and oxygen atoms in total. The molecule has 0 unspecified atom stereocenters. The highest BCUT2D eigenvalue weighted by Gasteiger charge is 2.35. The second kappa shape index (κ2) is 13.0. The number of hydroxylamine groups is 1. The summed E-state index contributed by atoms with van der Waals surface area (Å²) in [5.74, 6) is -0.452. The number of nitrogens with one attached hydrogen (secondary N) is 2. The Morgan fingerprint density at radius 2 is 1.80 bits per heavy atom. The first-order valence-electron chi connectivity index (χ1n) is 13.8. The van der Waals surface area contributed by atoms with Gasteiger partial charge in [0, 0.05) is 54.8 Å². The zero-order valence-corrected chi connectivity index (χ0v) is 23.0. The van der Waals surface area contributed by atoms with Crippen LogP contribution in [0.3, 0.4) is 0 Å². The molecule has 2 atom stereocenters. The van der Waals surface area contributed by atoms with Gasteiger partial charge in [0.2, 0.25) is 5.91 Å². The van der Waals surface area contributed by atoms with Gasteiger partial charge in [-0.15, -0.1) is 0 Å². The molecule has 0 aliphatic carbocycles. The number of hydrogen-bond acceptors (Lipinski definition) is 7. The van der Waals surface area contributed by atoms with Gasteiger partial charge in [-0.25, -0.2) is 10.3 Å². The number of amides is 4. The Balaban J connectivity index is 1.23. The normalized spacial score (nSPS) is 19.1. The number of ether oxygens (including phenoxy) is 2. The minimum Gasteiger partial charge on any atom is -0.489 e. The number of aryl methyl sites for hydroxylation is 1. The van der Waals surface area contributed by atoms with Crippen molar-refractivity contribution in [2.24, 2.45) is 5.92 Å². The van der Waals surface area contributed by atoms with E-state index in [4.69, 9.17) is 14.7 Å². The molecule has 216 valence electrons. The van der Waals surface area contributed by atoms with Gasteiger partial charge in [-0.1, -0.05) is 18.2 Å². The number of para-hydroxylation sites is 1. The number of carbonyl (C=O) groups excluding carboxylic acids is 3. The number of hydrogen-bond donors (Lipinski definition) is 3. The summed E-state index contributed by atoms with van der Waals surface area (Å²) in [6, 6.07) is 16.2. The van der Waals surface area contributed by atoms with Gasteiger partial charge >= 0.3 is 6.03 Å². The second-order valence-corrected chi connectivity index (χ2v) is 10.4. The van der Waals surface area contributed by atoms with Crippen molar-refractivity contribution >= 4 is 28.7 Å². The molecule has 2 fully saturated rings. The molecule has 1 aromatic heterocycles. The number of likely N-dealkylation sites (tertiary alicyclic amines) is 1. The van der Waals surface area contributed by atoms with E-state index in [1.165, 1.54) is 0 Å². The first kappa shape index (κ1) is 28.3. The first-order chi connectivity index (χ1) is 19.9.